The zero-order chi connectivity index (χ0) is 19.1. The number of carbonyl (C=O) groups is 1. The Hall–Kier alpha value is -1.16. The maximum absolute atomic E-state index is 11.1. The second kappa shape index (κ2) is 14.0. The second-order valence-electron chi connectivity index (χ2n) is 7.69. The van der Waals surface area contributed by atoms with Crippen molar-refractivity contribution in [1.82, 2.24) is 5.32 Å². The Morgan fingerprint density at radius 1 is 1.12 bits per heavy atom. The molecule has 2 unspecified atom stereocenters. The summed E-state index contributed by atoms with van der Waals surface area (Å²) in [7, 11) is 0. The Labute approximate surface area is 161 Å². The van der Waals surface area contributed by atoms with E-state index >= 15 is 0 Å². The van der Waals surface area contributed by atoms with E-state index in [-0.39, 0.29) is 5.91 Å². The third kappa shape index (κ3) is 8.98. The van der Waals surface area contributed by atoms with Crippen LogP contribution in [0.5, 0.6) is 0 Å². The van der Waals surface area contributed by atoms with E-state index in [0.717, 1.165) is 30.7 Å². The summed E-state index contributed by atoms with van der Waals surface area (Å²) in [6, 6.07) is 0. The summed E-state index contributed by atoms with van der Waals surface area (Å²) in [6.45, 7) is 9.94. The molecule has 4 heteroatoms. The van der Waals surface area contributed by atoms with Crippen LogP contribution >= 0.6 is 0 Å². The molecule has 150 valence electrons. The quantitative estimate of drug-likeness (QED) is 0.252. The van der Waals surface area contributed by atoms with Gasteiger partial charge in [0.25, 0.3) is 0 Å². The molecule has 0 saturated carbocycles. The average Bonchev–Trinajstić information content (AvgIpc) is 3.02. The maximum atomic E-state index is 11.1. The molecule has 1 amide bonds. The van der Waals surface area contributed by atoms with Crippen LogP contribution in [0.3, 0.4) is 0 Å². The van der Waals surface area contributed by atoms with E-state index in [1.807, 2.05) is 0 Å². The van der Waals surface area contributed by atoms with E-state index in [1.54, 1.807) is 6.92 Å². The van der Waals surface area contributed by atoms with Crippen LogP contribution in [-0.2, 0) is 4.79 Å². The Morgan fingerprint density at radius 3 is 2.50 bits per heavy atom. The fourth-order valence-electron chi connectivity index (χ4n) is 3.83. The van der Waals surface area contributed by atoms with E-state index in [2.05, 4.69) is 37.5 Å². The van der Waals surface area contributed by atoms with Crippen LogP contribution in [0.4, 0.5) is 0 Å². The number of carbonyl (C=O) groups excluding carboxylic acids is 1. The minimum Gasteiger partial charge on any atom is -0.351 e. The molecule has 0 aliphatic carbocycles. The molecule has 0 bridgehead atoms. The zero-order valence-electron chi connectivity index (χ0n) is 17.5. The number of amides is 1. The smallest absolute Gasteiger partial charge is 0.217 e. The highest BCUT2D eigenvalue weighted by molar-refractivity contribution is 5.72. The van der Waals surface area contributed by atoms with Crippen LogP contribution in [0.15, 0.2) is 17.1 Å². The number of nitrogens with one attached hydrogen (secondary N) is 1. The lowest BCUT2D eigenvalue weighted by Crippen LogP contribution is -2.55. The van der Waals surface area contributed by atoms with Crippen molar-refractivity contribution in [2.75, 3.05) is 26.2 Å². The molecule has 4 nitrogen and oxygen atoms in total. The van der Waals surface area contributed by atoms with Crippen molar-refractivity contribution in [1.29, 1.82) is 0 Å². The van der Waals surface area contributed by atoms with Crippen LogP contribution in [0.2, 0.25) is 0 Å². The van der Waals surface area contributed by atoms with Gasteiger partial charge in [-0.1, -0.05) is 51.2 Å². The Morgan fingerprint density at radius 2 is 1.81 bits per heavy atom. The van der Waals surface area contributed by atoms with Gasteiger partial charge in [0.15, 0.2) is 6.17 Å². The fourth-order valence-corrected chi connectivity index (χ4v) is 3.83. The molecular formula is C22H42N3O+. The van der Waals surface area contributed by atoms with Gasteiger partial charge in [-0.3, -0.25) is 9.28 Å². The van der Waals surface area contributed by atoms with Crippen molar-refractivity contribution in [2.45, 2.75) is 91.1 Å². The molecule has 0 spiro atoms. The van der Waals surface area contributed by atoms with Crippen LogP contribution in [0.25, 0.3) is 0 Å². The van der Waals surface area contributed by atoms with E-state index in [0.29, 0.717) is 6.17 Å². The zero-order valence-corrected chi connectivity index (χ0v) is 17.5. The van der Waals surface area contributed by atoms with Gasteiger partial charge in [0.1, 0.15) is 6.54 Å². The summed E-state index contributed by atoms with van der Waals surface area (Å²) < 4.78 is 1.02. The van der Waals surface area contributed by atoms with Crippen molar-refractivity contribution in [3.8, 4) is 0 Å². The molecule has 0 saturated heterocycles. The first-order chi connectivity index (χ1) is 12.6. The lowest BCUT2D eigenvalue weighted by Gasteiger charge is -2.38. The Bertz CT molecular complexity index is 433. The molecule has 1 aliphatic rings. The first kappa shape index (κ1) is 22.9. The van der Waals surface area contributed by atoms with Gasteiger partial charge in [0.05, 0.1) is 25.8 Å². The van der Waals surface area contributed by atoms with Crippen molar-refractivity contribution < 1.29 is 9.28 Å². The summed E-state index contributed by atoms with van der Waals surface area (Å²) in [5.74, 6) is 0.0665. The third-order valence-corrected chi connectivity index (χ3v) is 5.62. The normalized spacial score (nSPS) is 22.3. The minimum atomic E-state index is 0.0665. The largest absolute Gasteiger partial charge is 0.351 e. The molecule has 26 heavy (non-hydrogen) atoms. The van der Waals surface area contributed by atoms with Gasteiger partial charge in [-0.2, -0.15) is 0 Å². The molecule has 2 atom stereocenters. The summed E-state index contributed by atoms with van der Waals surface area (Å²) >= 11 is 0. The van der Waals surface area contributed by atoms with E-state index in [4.69, 9.17) is 4.99 Å². The first-order valence-electron chi connectivity index (χ1n) is 10.9. The predicted molar refractivity (Wildman–Crippen MR) is 112 cm³/mol. The molecule has 0 aromatic rings. The van der Waals surface area contributed by atoms with Crippen LogP contribution in [-0.4, -0.2) is 48.9 Å². The lowest BCUT2D eigenvalue weighted by molar-refractivity contribution is -0.935. The van der Waals surface area contributed by atoms with Crippen molar-refractivity contribution in [2.24, 2.45) is 4.99 Å². The van der Waals surface area contributed by atoms with Gasteiger partial charge in [0, 0.05) is 13.3 Å². The monoisotopic (exact) mass is 364 g/mol. The van der Waals surface area contributed by atoms with Gasteiger partial charge in [0.2, 0.25) is 5.91 Å². The summed E-state index contributed by atoms with van der Waals surface area (Å²) in [5, 5.41) is 2.95. The van der Waals surface area contributed by atoms with Crippen LogP contribution < -0.4 is 5.32 Å². The molecule has 0 fully saturated rings. The van der Waals surface area contributed by atoms with Crippen LogP contribution in [0, 0.1) is 0 Å². The number of unbranched alkanes of at least 4 members (excludes halogenated alkanes) is 7. The van der Waals surface area contributed by atoms with E-state index in [9.17, 15) is 4.79 Å². The summed E-state index contributed by atoms with van der Waals surface area (Å²) in [4.78, 5) is 15.9. The van der Waals surface area contributed by atoms with Crippen molar-refractivity contribution in [3.05, 3.63) is 12.2 Å². The summed E-state index contributed by atoms with van der Waals surface area (Å²) in [5.41, 5.74) is 0. The maximum Gasteiger partial charge on any atom is 0.217 e. The second-order valence-corrected chi connectivity index (χ2v) is 7.69. The highest BCUT2D eigenvalue weighted by atomic mass is 16.1. The topological polar surface area (TPSA) is 41.5 Å². The lowest BCUT2D eigenvalue weighted by atomic mass is 10.1. The van der Waals surface area contributed by atoms with Crippen molar-refractivity contribution >= 4 is 12.1 Å². The van der Waals surface area contributed by atoms with Crippen LogP contribution in [0.1, 0.15) is 85.0 Å². The first-order valence-corrected chi connectivity index (χ1v) is 10.9. The Kier molecular flexibility index (Phi) is 12.3. The minimum absolute atomic E-state index is 0.0665. The number of hydrogen-bond donors (Lipinski definition) is 1. The molecule has 1 aliphatic heterocycles. The predicted octanol–water partition coefficient (Wildman–Crippen LogP) is 4.85. The fraction of sp³-hybridized carbons (Fsp3) is 0.818. The van der Waals surface area contributed by atoms with Crippen molar-refractivity contribution in [3.63, 3.8) is 0 Å². The highest BCUT2D eigenvalue weighted by Crippen LogP contribution is 2.24. The number of hydrogen-bond acceptors (Lipinski definition) is 2. The SMILES string of the molecule is CCC/C=C/CCCCCCCCC1N=CC[N+]1(CC)CCNC(C)=O. The van der Waals surface area contributed by atoms with Gasteiger partial charge in [-0.15, -0.1) is 0 Å². The number of rotatable bonds is 15. The number of quaternary nitrogens is 1. The number of aliphatic imine (C=N–C) groups is 1. The Balaban J connectivity index is 2.12. The number of nitrogens with zero attached hydrogens (tertiary/aromatic N) is 2. The third-order valence-electron chi connectivity index (χ3n) is 5.62. The van der Waals surface area contributed by atoms with E-state index < -0.39 is 0 Å². The van der Waals surface area contributed by atoms with E-state index in [1.165, 1.54) is 64.2 Å². The number of likely N-dealkylation sites (N-methyl/N-ethyl adjacent to an activating group) is 1. The highest BCUT2D eigenvalue weighted by Gasteiger charge is 2.37. The molecular weight excluding hydrogens is 322 g/mol. The number of allylic oxidation sites excluding steroid dienone is 2. The molecule has 0 radical (unpaired) electrons. The molecule has 1 rings (SSSR count). The molecule has 0 aromatic carbocycles. The molecule has 0 aromatic heterocycles. The van der Waals surface area contributed by atoms with Gasteiger partial charge >= 0.3 is 0 Å². The standard InChI is InChI=1S/C22H41N3O/c1-4-6-7-8-9-10-11-12-13-14-15-16-22-24-18-20-25(22,5-2)19-17-23-21(3)26/h7-8,18,22H,4-6,9-17,19-20H2,1-3H3/p+1/b8-7+. The average molecular weight is 365 g/mol. The van der Waals surface area contributed by atoms with Gasteiger partial charge in [-0.05, 0) is 32.6 Å². The van der Waals surface area contributed by atoms with Gasteiger partial charge in [-0.25, -0.2) is 4.99 Å². The summed E-state index contributed by atoms with van der Waals surface area (Å²) in [6.07, 6.45) is 20.1. The molecule has 1 heterocycles. The van der Waals surface area contributed by atoms with Gasteiger partial charge < -0.3 is 5.32 Å². The molecule has 1 N–H and O–H groups in total.